The van der Waals surface area contributed by atoms with Gasteiger partial charge in [0.05, 0.1) is 17.4 Å². The fourth-order valence-electron chi connectivity index (χ4n) is 3.68. The van der Waals surface area contributed by atoms with Crippen LogP contribution in [0.5, 0.6) is 5.75 Å². The summed E-state index contributed by atoms with van der Waals surface area (Å²) >= 11 is 0. The van der Waals surface area contributed by atoms with Crippen LogP contribution >= 0.6 is 0 Å². The van der Waals surface area contributed by atoms with Gasteiger partial charge in [-0.3, -0.25) is 4.79 Å². The number of hydrogen-bond donors (Lipinski definition) is 0. The minimum absolute atomic E-state index is 0.119. The Morgan fingerprint density at radius 2 is 1.62 bits per heavy atom. The molecule has 1 aromatic heterocycles. The number of para-hydroxylation sites is 1. The number of hydrogen-bond acceptors (Lipinski definition) is 4. The van der Waals surface area contributed by atoms with E-state index < -0.39 is 5.63 Å². The van der Waals surface area contributed by atoms with Crippen molar-refractivity contribution < 1.29 is 13.9 Å². The van der Waals surface area contributed by atoms with E-state index in [9.17, 15) is 9.59 Å². The average molecular weight is 342 g/mol. The zero-order valence-corrected chi connectivity index (χ0v) is 13.8. The van der Waals surface area contributed by atoms with Crippen LogP contribution in [0.15, 0.2) is 75.9 Å². The molecule has 1 atom stereocenters. The van der Waals surface area contributed by atoms with Crippen LogP contribution in [0.25, 0.3) is 21.7 Å². The van der Waals surface area contributed by atoms with Gasteiger partial charge in [-0.1, -0.05) is 54.6 Å². The molecule has 0 saturated carbocycles. The number of benzene rings is 3. The topological polar surface area (TPSA) is 56.5 Å². The maximum Gasteiger partial charge on any atom is 0.343 e. The fraction of sp³-hybridized carbons (Fsp3) is 0.0909. The number of carbonyl (C=O) groups is 1. The van der Waals surface area contributed by atoms with Crippen LogP contribution in [-0.2, 0) is 4.79 Å². The van der Waals surface area contributed by atoms with Crippen molar-refractivity contribution in [1.29, 1.82) is 0 Å². The van der Waals surface area contributed by atoms with E-state index in [2.05, 4.69) is 0 Å². The van der Waals surface area contributed by atoms with Crippen molar-refractivity contribution in [3.63, 3.8) is 0 Å². The molecule has 0 fully saturated rings. The van der Waals surface area contributed by atoms with Crippen molar-refractivity contribution in [3.8, 4) is 5.75 Å². The summed E-state index contributed by atoms with van der Waals surface area (Å²) in [7, 11) is 0. The van der Waals surface area contributed by atoms with Gasteiger partial charge in [-0.05, 0) is 28.5 Å². The average Bonchev–Trinajstić information content (AvgIpc) is 2.67. The van der Waals surface area contributed by atoms with Crippen LogP contribution in [-0.4, -0.2) is 5.97 Å². The Labute approximate surface area is 148 Å². The van der Waals surface area contributed by atoms with Crippen molar-refractivity contribution >= 4 is 27.7 Å². The molecule has 1 aliphatic heterocycles. The minimum Gasteiger partial charge on any atom is -0.425 e. The lowest BCUT2D eigenvalue weighted by Gasteiger charge is -2.24. The number of esters is 1. The standard InChI is InChI=1S/C22H14O4/c23-19-12-17(15-10-9-13-5-1-2-6-14(13)11-15)20-21(26-19)16-7-3-4-8-18(16)25-22(20)24/h1-11,17H,12H2. The highest BCUT2D eigenvalue weighted by Gasteiger charge is 2.33. The number of rotatable bonds is 1. The first-order valence-electron chi connectivity index (χ1n) is 8.46. The van der Waals surface area contributed by atoms with Crippen molar-refractivity contribution in [2.24, 2.45) is 0 Å². The van der Waals surface area contributed by atoms with Crippen LogP contribution in [0.1, 0.15) is 23.5 Å². The first-order chi connectivity index (χ1) is 12.7. The zero-order chi connectivity index (χ0) is 17.7. The summed E-state index contributed by atoms with van der Waals surface area (Å²) in [6.45, 7) is 0. The lowest BCUT2D eigenvalue weighted by atomic mass is 9.86. The van der Waals surface area contributed by atoms with Crippen molar-refractivity contribution in [1.82, 2.24) is 0 Å². The molecule has 4 nitrogen and oxygen atoms in total. The smallest absolute Gasteiger partial charge is 0.343 e. The molecule has 0 radical (unpaired) electrons. The molecule has 0 amide bonds. The van der Waals surface area contributed by atoms with E-state index >= 15 is 0 Å². The summed E-state index contributed by atoms with van der Waals surface area (Å²) in [6, 6.07) is 21.1. The Balaban J connectivity index is 1.78. The van der Waals surface area contributed by atoms with Crippen LogP contribution in [0.4, 0.5) is 0 Å². The first-order valence-corrected chi connectivity index (χ1v) is 8.46. The third-order valence-electron chi connectivity index (χ3n) is 4.91. The summed E-state index contributed by atoms with van der Waals surface area (Å²) < 4.78 is 11.0. The molecule has 126 valence electrons. The van der Waals surface area contributed by atoms with Gasteiger partial charge in [-0.25, -0.2) is 4.79 Å². The summed E-state index contributed by atoms with van der Waals surface area (Å²) in [5.74, 6) is -0.394. The highest BCUT2D eigenvalue weighted by Crippen LogP contribution is 2.41. The van der Waals surface area contributed by atoms with Gasteiger partial charge in [0.1, 0.15) is 5.58 Å². The normalized spacial score (nSPS) is 16.5. The molecule has 4 heteroatoms. The summed E-state index contributed by atoms with van der Waals surface area (Å²) in [6.07, 6.45) is 0.119. The van der Waals surface area contributed by atoms with E-state index in [0.29, 0.717) is 22.3 Å². The van der Waals surface area contributed by atoms with Gasteiger partial charge in [0.25, 0.3) is 0 Å². The van der Waals surface area contributed by atoms with Gasteiger partial charge in [-0.15, -0.1) is 0 Å². The van der Waals surface area contributed by atoms with E-state index in [4.69, 9.17) is 9.15 Å². The number of ether oxygens (including phenoxy) is 1. The van der Waals surface area contributed by atoms with Gasteiger partial charge < -0.3 is 9.15 Å². The van der Waals surface area contributed by atoms with Crippen molar-refractivity contribution in [2.75, 3.05) is 0 Å². The van der Waals surface area contributed by atoms with Gasteiger partial charge in [0.15, 0.2) is 5.75 Å². The van der Waals surface area contributed by atoms with Gasteiger partial charge in [0, 0.05) is 5.92 Å². The molecule has 26 heavy (non-hydrogen) atoms. The molecule has 0 N–H and O–H groups in total. The third kappa shape index (κ3) is 2.23. The molecular weight excluding hydrogens is 328 g/mol. The molecule has 0 saturated heterocycles. The Bertz CT molecular complexity index is 1240. The quantitative estimate of drug-likeness (QED) is 0.380. The van der Waals surface area contributed by atoms with E-state index in [1.165, 1.54) is 0 Å². The van der Waals surface area contributed by atoms with Gasteiger partial charge in [0.2, 0.25) is 0 Å². The van der Waals surface area contributed by atoms with E-state index in [0.717, 1.165) is 16.3 Å². The molecule has 5 rings (SSSR count). The molecule has 1 aliphatic rings. The van der Waals surface area contributed by atoms with E-state index in [1.54, 1.807) is 18.2 Å². The predicted octanol–water partition coefficient (Wildman–Crippen LogP) is 4.39. The second-order valence-corrected chi connectivity index (χ2v) is 6.47. The molecule has 4 aromatic rings. The van der Waals surface area contributed by atoms with Crippen LogP contribution in [0.2, 0.25) is 0 Å². The molecule has 0 aliphatic carbocycles. The molecule has 2 heterocycles. The molecule has 0 spiro atoms. The van der Waals surface area contributed by atoms with E-state index in [-0.39, 0.29) is 18.3 Å². The first kappa shape index (κ1) is 14.9. The number of carbonyl (C=O) groups excluding carboxylic acids is 1. The van der Waals surface area contributed by atoms with Gasteiger partial charge >= 0.3 is 11.6 Å². The van der Waals surface area contributed by atoms with Crippen LogP contribution in [0, 0.1) is 0 Å². The van der Waals surface area contributed by atoms with Crippen molar-refractivity contribution in [2.45, 2.75) is 12.3 Å². The zero-order valence-electron chi connectivity index (χ0n) is 13.8. The number of fused-ring (bicyclic) bond motifs is 4. The van der Waals surface area contributed by atoms with E-state index in [1.807, 2.05) is 48.5 Å². The maximum atomic E-state index is 12.7. The predicted molar refractivity (Wildman–Crippen MR) is 98.5 cm³/mol. The molecule has 1 unspecified atom stereocenters. The second-order valence-electron chi connectivity index (χ2n) is 6.47. The van der Waals surface area contributed by atoms with Crippen LogP contribution < -0.4 is 10.4 Å². The largest absolute Gasteiger partial charge is 0.425 e. The van der Waals surface area contributed by atoms with Gasteiger partial charge in [-0.2, -0.15) is 0 Å². The molecular formula is C22H14O4. The summed E-state index contributed by atoms with van der Waals surface area (Å²) in [5.41, 5.74) is 1.29. The Hall–Kier alpha value is -3.40. The second kappa shape index (κ2) is 5.56. The van der Waals surface area contributed by atoms with Crippen LogP contribution in [0.3, 0.4) is 0 Å². The SMILES string of the molecule is O=C1CC(c2ccc3ccccc3c2)c2c(c3ccccc3oc2=O)O1. The summed E-state index contributed by atoms with van der Waals surface area (Å²) in [4.78, 5) is 24.9. The summed E-state index contributed by atoms with van der Waals surface area (Å²) in [5, 5.41) is 2.82. The van der Waals surface area contributed by atoms with Crippen molar-refractivity contribution in [3.05, 3.63) is 88.3 Å². The molecule has 3 aromatic carbocycles. The fourth-order valence-corrected chi connectivity index (χ4v) is 3.68. The minimum atomic E-state index is -0.454. The third-order valence-corrected chi connectivity index (χ3v) is 4.91. The Morgan fingerprint density at radius 3 is 2.50 bits per heavy atom. The lowest BCUT2D eigenvalue weighted by molar-refractivity contribution is -0.135. The molecule has 0 bridgehead atoms. The highest BCUT2D eigenvalue weighted by atomic mass is 16.5. The monoisotopic (exact) mass is 342 g/mol. The Kier molecular flexibility index (Phi) is 3.19. The maximum absolute atomic E-state index is 12.7. The lowest BCUT2D eigenvalue weighted by Crippen LogP contribution is -2.26. The Morgan fingerprint density at radius 1 is 0.846 bits per heavy atom. The highest BCUT2D eigenvalue weighted by molar-refractivity contribution is 5.90.